The zero-order valence-corrected chi connectivity index (χ0v) is 19.9. The van der Waals surface area contributed by atoms with Gasteiger partial charge >= 0.3 is 0 Å². The number of thioether (sulfide) groups is 1. The summed E-state index contributed by atoms with van der Waals surface area (Å²) in [6.07, 6.45) is 4.14. The molecule has 4 heterocycles. The van der Waals surface area contributed by atoms with Gasteiger partial charge in [0.25, 0.3) is 11.5 Å². The molecule has 2 fully saturated rings. The van der Waals surface area contributed by atoms with E-state index in [1.54, 1.807) is 29.3 Å². The van der Waals surface area contributed by atoms with Crippen LogP contribution in [0.4, 0.5) is 5.82 Å². The summed E-state index contributed by atoms with van der Waals surface area (Å²) in [5.41, 5.74) is 0.751. The second-order valence-corrected chi connectivity index (χ2v) is 9.62. The normalized spacial score (nSPS) is 20.0. The number of rotatable bonds is 6. The van der Waals surface area contributed by atoms with Crippen LogP contribution >= 0.6 is 24.0 Å². The maximum absolute atomic E-state index is 13.4. The monoisotopic (exact) mass is 473 g/mol. The number of carbonyl (C=O) groups excluding carboxylic acids is 1. The molecule has 2 aromatic heterocycles. The first-order valence-electron chi connectivity index (χ1n) is 10.8. The highest BCUT2D eigenvalue weighted by atomic mass is 32.2. The van der Waals surface area contributed by atoms with Crippen LogP contribution in [0.5, 0.6) is 0 Å². The number of hydrogen-bond acceptors (Lipinski definition) is 8. The Kier molecular flexibility index (Phi) is 6.94. The molecule has 0 radical (unpaired) electrons. The van der Waals surface area contributed by atoms with Gasteiger partial charge in [0, 0.05) is 45.0 Å². The third-order valence-corrected chi connectivity index (χ3v) is 7.30. The number of hydrogen-bond donors (Lipinski definition) is 1. The third-order valence-electron chi connectivity index (χ3n) is 5.97. The number of anilines is 1. The van der Waals surface area contributed by atoms with E-state index in [9.17, 15) is 14.7 Å². The number of fused-ring (bicyclic) bond motifs is 1. The van der Waals surface area contributed by atoms with Crippen molar-refractivity contribution < 1.29 is 9.90 Å². The second-order valence-electron chi connectivity index (χ2n) is 7.94. The van der Waals surface area contributed by atoms with E-state index in [0.29, 0.717) is 45.9 Å². The molecule has 2 aromatic rings. The molecule has 1 unspecified atom stereocenters. The average Bonchev–Trinajstić information content (AvgIpc) is 3.08. The first-order valence-corrected chi connectivity index (χ1v) is 12.0. The molecular weight excluding hydrogens is 446 g/mol. The summed E-state index contributed by atoms with van der Waals surface area (Å²) in [5, 5.41) is 9.22. The lowest BCUT2D eigenvalue weighted by Crippen LogP contribution is -2.48. The first-order chi connectivity index (χ1) is 15.4. The smallest absolute Gasteiger partial charge is 0.267 e. The number of nitrogens with zero attached hydrogens (tertiary/aromatic N) is 5. The Morgan fingerprint density at radius 2 is 2.00 bits per heavy atom. The maximum Gasteiger partial charge on any atom is 0.267 e. The van der Waals surface area contributed by atoms with Gasteiger partial charge in [-0.15, -0.1) is 0 Å². The quantitative estimate of drug-likeness (QED) is 0.503. The van der Waals surface area contributed by atoms with Gasteiger partial charge in [0.15, 0.2) is 0 Å². The molecule has 0 aliphatic carbocycles. The first kappa shape index (κ1) is 22.9. The van der Waals surface area contributed by atoms with Crippen molar-refractivity contribution in [2.45, 2.75) is 26.3 Å². The van der Waals surface area contributed by atoms with Gasteiger partial charge in [-0.2, -0.15) is 0 Å². The van der Waals surface area contributed by atoms with Gasteiger partial charge in [-0.05, 0) is 31.6 Å². The Morgan fingerprint density at radius 1 is 1.25 bits per heavy atom. The zero-order valence-electron chi connectivity index (χ0n) is 18.2. The van der Waals surface area contributed by atoms with Gasteiger partial charge in [0.05, 0.1) is 17.1 Å². The largest absolute Gasteiger partial charge is 0.395 e. The maximum atomic E-state index is 13.4. The van der Waals surface area contributed by atoms with Crippen LogP contribution in [0.1, 0.15) is 25.8 Å². The van der Waals surface area contributed by atoms with Crippen molar-refractivity contribution in [3.63, 3.8) is 0 Å². The fourth-order valence-electron chi connectivity index (χ4n) is 3.96. The van der Waals surface area contributed by atoms with Gasteiger partial charge in [0.2, 0.25) is 0 Å². The van der Waals surface area contributed by atoms with Crippen molar-refractivity contribution >= 4 is 51.7 Å². The lowest BCUT2D eigenvalue weighted by Gasteiger charge is -2.35. The zero-order chi connectivity index (χ0) is 22.8. The number of aliphatic hydroxyl groups is 1. The number of pyridine rings is 1. The van der Waals surface area contributed by atoms with Crippen molar-refractivity contribution in [2.75, 3.05) is 44.2 Å². The van der Waals surface area contributed by atoms with Gasteiger partial charge < -0.3 is 10.0 Å². The fourth-order valence-corrected chi connectivity index (χ4v) is 5.40. The summed E-state index contributed by atoms with van der Waals surface area (Å²) in [6, 6.07) is 5.44. The van der Waals surface area contributed by atoms with Crippen LogP contribution in [0.2, 0.25) is 0 Å². The van der Waals surface area contributed by atoms with E-state index >= 15 is 0 Å². The SMILES string of the molecule is CCC(C)N1C(=O)/C(=C/c2c(N3CCN(CCO)CC3)nc3ccccn3c2=O)SC1=S. The Bertz CT molecular complexity index is 1120. The van der Waals surface area contributed by atoms with Crippen molar-refractivity contribution in [1.29, 1.82) is 0 Å². The number of β-amino-alcohol motifs (C(OH)–C–C–N with tert-alkyl or cyclic N) is 1. The van der Waals surface area contributed by atoms with Crippen LogP contribution < -0.4 is 10.5 Å². The van der Waals surface area contributed by atoms with Crippen molar-refractivity contribution in [3.05, 3.63) is 45.2 Å². The number of aromatic nitrogens is 2. The van der Waals surface area contributed by atoms with E-state index < -0.39 is 0 Å². The van der Waals surface area contributed by atoms with Crippen LogP contribution in [0.3, 0.4) is 0 Å². The molecule has 0 bridgehead atoms. The van der Waals surface area contributed by atoms with Crippen molar-refractivity contribution in [3.8, 4) is 0 Å². The van der Waals surface area contributed by atoms with E-state index in [4.69, 9.17) is 17.2 Å². The molecule has 0 aromatic carbocycles. The van der Waals surface area contributed by atoms with Crippen LogP contribution in [0, 0.1) is 0 Å². The van der Waals surface area contributed by atoms with E-state index in [0.717, 1.165) is 19.5 Å². The molecule has 2 saturated heterocycles. The topological polar surface area (TPSA) is 81.4 Å². The fraction of sp³-hybridized carbons (Fsp3) is 0.455. The minimum absolute atomic E-state index is 0.00305. The number of amides is 1. The summed E-state index contributed by atoms with van der Waals surface area (Å²) < 4.78 is 2.02. The van der Waals surface area contributed by atoms with Crippen LogP contribution in [-0.2, 0) is 4.79 Å². The molecule has 1 atom stereocenters. The highest BCUT2D eigenvalue weighted by Crippen LogP contribution is 2.35. The molecule has 1 N–H and O–H groups in total. The molecule has 2 aliphatic rings. The summed E-state index contributed by atoms with van der Waals surface area (Å²) in [6.45, 7) is 7.65. The van der Waals surface area contributed by atoms with E-state index in [1.165, 1.54) is 16.2 Å². The third kappa shape index (κ3) is 4.32. The molecule has 2 aliphatic heterocycles. The average molecular weight is 474 g/mol. The van der Waals surface area contributed by atoms with Crippen LogP contribution in [-0.4, -0.2) is 79.9 Å². The molecule has 32 heavy (non-hydrogen) atoms. The second kappa shape index (κ2) is 9.70. The summed E-state index contributed by atoms with van der Waals surface area (Å²) in [7, 11) is 0. The standard InChI is InChI=1S/C22H27N5O3S2/c1-3-15(2)27-21(30)17(32-22(27)31)14-16-19(25-10-8-24(9-11-25)12-13-28)23-18-6-4-5-7-26(18)20(16)29/h4-7,14-15,28H,3,8-13H2,1-2H3/b17-14-. The summed E-state index contributed by atoms with van der Waals surface area (Å²) in [5.74, 6) is 0.421. The van der Waals surface area contributed by atoms with E-state index in [2.05, 4.69) is 9.80 Å². The molecule has 8 nitrogen and oxygen atoms in total. The predicted octanol–water partition coefficient (Wildman–Crippen LogP) is 1.81. The summed E-state index contributed by atoms with van der Waals surface area (Å²) in [4.78, 5) is 37.7. The molecule has 1 amide bonds. The van der Waals surface area contributed by atoms with Crippen molar-refractivity contribution in [1.82, 2.24) is 19.2 Å². The van der Waals surface area contributed by atoms with Crippen molar-refractivity contribution in [2.24, 2.45) is 0 Å². The molecule has 4 rings (SSSR count). The number of aliphatic hydroxyl groups excluding tert-OH is 1. The number of thiocarbonyl (C=S) groups is 1. The number of piperazine rings is 1. The Morgan fingerprint density at radius 3 is 2.69 bits per heavy atom. The van der Waals surface area contributed by atoms with Crippen LogP contribution in [0.15, 0.2) is 34.1 Å². The Hall–Kier alpha value is -2.27. The summed E-state index contributed by atoms with van der Waals surface area (Å²) >= 11 is 6.69. The lowest BCUT2D eigenvalue weighted by molar-refractivity contribution is -0.123. The van der Waals surface area contributed by atoms with Crippen LogP contribution in [0.25, 0.3) is 11.7 Å². The molecule has 0 spiro atoms. The minimum Gasteiger partial charge on any atom is -0.395 e. The van der Waals surface area contributed by atoms with Gasteiger partial charge in [-0.25, -0.2) is 4.98 Å². The van der Waals surface area contributed by atoms with E-state index in [-0.39, 0.29) is 24.1 Å². The number of carbonyl (C=O) groups is 1. The van der Waals surface area contributed by atoms with Gasteiger partial charge in [-0.1, -0.05) is 37.0 Å². The van der Waals surface area contributed by atoms with Gasteiger partial charge in [-0.3, -0.25) is 23.8 Å². The lowest BCUT2D eigenvalue weighted by atomic mass is 10.2. The Balaban J connectivity index is 1.77. The molecule has 10 heteroatoms. The molecular formula is C22H27N5O3S2. The predicted molar refractivity (Wildman–Crippen MR) is 132 cm³/mol. The molecule has 170 valence electrons. The Labute approximate surface area is 196 Å². The highest BCUT2D eigenvalue weighted by Gasteiger charge is 2.35. The van der Waals surface area contributed by atoms with E-state index in [1.807, 2.05) is 19.9 Å². The van der Waals surface area contributed by atoms with Gasteiger partial charge in [0.1, 0.15) is 15.8 Å². The molecule has 0 saturated carbocycles. The minimum atomic E-state index is -0.211. The highest BCUT2D eigenvalue weighted by molar-refractivity contribution is 8.26.